The summed E-state index contributed by atoms with van der Waals surface area (Å²) in [5.74, 6) is 1.96. The van der Waals surface area contributed by atoms with Crippen LogP contribution in [0.15, 0.2) is 48.8 Å². The number of para-hydroxylation sites is 1. The van der Waals surface area contributed by atoms with Crippen molar-refractivity contribution in [3.63, 3.8) is 0 Å². The van der Waals surface area contributed by atoms with Crippen LogP contribution >= 0.6 is 0 Å². The fourth-order valence-electron chi connectivity index (χ4n) is 4.17. The number of hydrogen-bond donors (Lipinski definition) is 0. The maximum absolute atomic E-state index is 6.10. The zero-order valence-corrected chi connectivity index (χ0v) is 14.2. The van der Waals surface area contributed by atoms with Gasteiger partial charge in [-0.05, 0) is 42.5 Å². The van der Waals surface area contributed by atoms with E-state index >= 15 is 0 Å². The molecule has 24 heavy (non-hydrogen) atoms. The van der Waals surface area contributed by atoms with E-state index in [9.17, 15) is 0 Å². The van der Waals surface area contributed by atoms with Gasteiger partial charge in [0.1, 0.15) is 12.4 Å². The molecule has 2 aliphatic rings. The zero-order valence-electron chi connectivity index (χ0n) is 14.2. The molecule has 1 saturated heterocycles. The highest BCUT2D eigenvalue weighted by Crippen LogP contribution is 2.37. The van der Waals surface area contributed by atoms with E-state index in [1.54, 1.807) is 0 Å². The van der Waals surface area contributed by atoms with Crippen molar-refractivity contribution in [2.75, 3.05) is 6.54 Å². The first-order valence-corrected chi connectivity index (χ1v) is 9.24. The minimum atomic E-state index is 0.603. The van der Waals surface area contributed by atoms with E-state index in [-0.39, 0.29) is 0 Å². The van der Waals surface area contributed by atoms with Crippen molar-refractivity contribution in [3.8, 4) is 5.75 Å². The van der Waals surface area contributed by atoms with Crippen LogP contribution in [0.1, 0.15) is 43.2 Å². The number of benzene rings is 1. The molecule has 0 spiro atoms. The molecule has 0 amide bonds. The first-order valence-electron chi connectivity index (χ1n) is 9.24. The van der Waals surface area contributed by atoms with E-state index in [4.69, 9.17) is 4.74 Å². The van der Waals surface area contributed by atoms with E-state index in [0.717, 1.165) is 29.8 Å². The molecule has 1 saturated carbocycles. The van der Waals surface area contributed by atoms with E-state index in [0.29, 0.717) is 6.61 Å². The van der Waals surface area contributed by atoms with E-state index in [1.165, 1.54) is 44.2 Å². The largest absolute Gasteiger partial charge is 0.489 e. The van der Waals surface area contributed by atoms with Crippen molar-refractivity contribution in [1.82, 2.24) is 9.88 Å². The number of aromatic nitrogens is 1. The molecule has 3 nitrogen and oxygen atoms in total. The van der Waals surface area contributed by atoms with Crippen molar-refractivity contribution in [1.29, 1.82) is 0 Å². The second kappa shape index (κ2) is 7.35. The fourth-order valence-corrected chi connectivity index (χ4v) is 4.17. The van der Waals surface area contributed by atoms with E-state index in [2.05, 4.69) is 34.1 Å². The Balaban J connectivity index is 1.40. The first kappa shape index (κ1) is 15.6. The van der Waals surface area contributed by atoms with Gasteiger partial charge in [0.15, 0.2) is 0 Å². The van der Waals surface area contributed by atoms with Crippen molar-refractivity contribution in [3.05, 3.63) is 59.9 Å². The minimum Gasteiger partial charge on any atom is -0.489 e. The first-order chi connectivity index (χ1) is 11.9. The zero-order chi connectivity index (χ0) is 16.2. The summed E-state index contributed by atoms with van der Waals surface area (Å²) >= 11 is 0. The van der Waals surface area contributed by atoms with Gasteiger partial charge in [0, 0.05) is 37.1 Å². The summed E-state index contributed by atoms with van der Waals surface area (Å²) in [6.07, 6.45) is 10.7. The Hall–Kier alpha value is -1.87. The molecule has 1 aliphatic carbocycles. The Morgan fingerprint density at radius 2 is 1.83 bits per heavy atom. The van der Waals surface area contributed by atoms with Crippen molar-refractivity contribution < 1.29 is 4.74 Å². The Bertz CT molecular complexity index is 658. The van der Waals surface area contributed by atoms with Crippen LogP contribution in [0.5, 0.6) is 5.75 Å². The van der Waals surface area contributed by atoms with Gasteiger partial charge in [-0.15, -0.1) is 0 Å². The minimum absolute atomic E-state index is 0.603. The molecule has 3 heteroatoms. The van der Waals surface area contributed by atoms with Crippen LogP contribution in [0.3, 0.4) is 0 Å². The SMILES string of the molecule is c1ccc(OCc2ccncc2)c(CN2CC3CCCCCC32)c1. The van der Waals surface area contributed by atoms with Gasteiger partial charge in [0.2, 0.25) is 0 Å². The van der Waals surface area contributed by atoms with Crippen LogP contribution in [0.4, 0.5) is 0 Å². The second-order valence-electron chi connectivity index (χ2n) is 7.15. The van der Waals surface area contributed by atoms with Crippen LogP contribution in [0.25, 0.3) is 0 Å². The van der Waals surface area contributed by atoms with Gasteiger partial charge in [-0.25, -0.2) is 0 Å². The molecule has 2 unspecified atom stereocenters. The number of rotatable bonds is 5. The maximum Gasteiger partial charge on any atom is 0.124 e. The van der Waals surface area contributed by atoms with Crippen LogP contribution < -0.4 is 4.74 Å². The number of fused-ring (bicyclic) bond motifs is 1. The Kier molecular flexibility index (Phi) is 4.79. The number of likely N-dealkylation sites (tertiary alicyclic amines) is 1. The van der Waals surface area contributed by atoms with Gasteiger partial charge in [0.05, 0.1) is 0 Å². The molecular formula is C21H26N2O. The summed E-state index contributed by atoms with van der Waals surface area (Å²) in [6.45, 7) is 2.89. The van der Waals surface area contributed by atoms with Gasteiger partial charge in [0.25, 0.3) is 0 Å². The number of ether oxygens (including phenoxy) is 1. The van der Waals surface area contributed by atoms with Gasteiger partial charge < -0.3 is 4.74 Å². The third-order valence-electron chi connectivity index (χ3n) is 5.55. The lowest BCUT2D eigenvalue weighted by Crippen LogP contribution is -2.54. The molecule has 126 valence electrons. The monoisotopic (exact) mass is 322 g/mol. The predicted octanol–water partition coefficient (Wildman–Crippen LogP) is 4.43. The average Bonchev–Trinajstić information content (AvgIpc) is 2.81. The van der Waals surface area contributed by atoms with Crippen LogP contribution in [0.2, 0.25) is 0 Å². The smallest absolute Gasteiger partial charge is 0.124 e. The number of pyridine rings is 1. The third-order valence-corrected chi connectivity index (χ3v) is 5.55. The molecule has 2 heterocycles. The van der Waals surface area contributed by atoms with Gasteiger partial charge in [-0.3, -0.25) is 9.88 Å². The highest BCUT2D eigenvalue weighted by atomic mass is 16.5. The number of hydrogen-bond acceptors (Lipinski definition) is 3. The molecule has 2 fully saturated rings. The van der Waals surface area contributed by atoms with Crippen molar-refractivity contribution in [2.45, 2.75) is 51.3 Å². The van der Waals surface area contributed by atoms with Gasteiger partial charge in [-0.2, -0.15) is 0 Å². The van der Waals surface area contributed by atoms with Crippen molar-refractivity contribution in [2.24, 2.45) is 5.92 Å². The molecule has 4 rings (SSSR count). The molecule has 1 aliphatic heterocycles. The molecule has 2 atom stereocenters. The molecule has 0 bridgehead atoms. The number of nitrogens with zero attached hydrogens (tertiary/aromatic N) is 2. The summed E-state index contributed by atoms with van der Waals surface area (Å²) < 4.78 is 6.10. The topological polar surface area (TPSA) is 25.4 Å². The molecule has 1 aromatic carbocycles. The summed E-state index contributed by atoms with van der Waals surface area (Å²) in [7, 11) is 0. The summed E-state index contributed by atoms with van der Waals surface area (Å²) in [5, 5.41) is 0. The maximum atomic E-state index is 6.10. The Morgan fingerprint density at radius 3 is 2.75 bits per heavy atom. The normalized spacial score (nSPS) is 23.8. The molecule has 0 N–H and O–H groups in total. The van der Waals surface area contributed by atoms with Gasteiger partial charge in [-0.1, -0.05) is 37.5 Å². The Morgan fingerprint density at radius 1 is 1.00 bits per heavy atom. The van der Waals surface area contributed by atoms with Gasteiger partial charge >= 0.3 is 0 Å². The van der Waals surface area contributed by atoms with E-state index < -0.39 is 0 Å². The lowest BCUT2D eigenvalue weighted by Gasteiger charge is -2.48. The second-order valence-corrected chi connectivity index (χ2v) is 7.15. The molecular weight excluding hydrogens is 296 g/mol. The molecule has 1 aromatic heterocycles. The highest BCUT2D eigenvalue weighted by molar-refractivity contribution is 5.34. The summed E-state index contributed by atoms with van der Waals surface area (Å²) in [6, 6.07) is 13.3. The Labute approximate surface area is 144 Å². The standard InChI is InChI=1S/C21H26N2O/c1-2-6-18-14-23(20(18)8-3-1)15-19-7-4-5-9-21(19)24-16-17-10-12-22-13-11-17/h4-5,7,9-13,18,20H,1-3,6,8,14-16H2. The third kappa shape index (κ3) is 3.46. The van der Waals surface area contributed by atoms with Crippen LogP contribution in [0, 0.1) is 5.92 Å². The van der Waals surface area contributed by atoms with E-state index in [1.807, 2.05) is 24.5 Å². The summed E-state index contributed by atoms with van der Waals surface area (Å²) in [5.41, 5.74) is 2.47. The predicted molar refractivity (Wildman–Crippen MR) is 95.8 cm³/mol. The molecule has 2 aromatic rings. The van der Waals surface area contributed by atoms with Crippen LogP contribution in [-0.4, -0.2) is 22.5 Å². The highest BCUT2D eigenvalue weighted by Gasteiger charge is 2.38. The quantitative estimate of drug-likeness (QED) is 0.814. The fraction of sp³-hybridized carbons (Fsp3) is 0.476. The molecule has 0 radical (unpaired) electrons. The van der Waals surface area contributed by atoms with Crippen molar-refractivity contribution >= 4 is 0 Å². The lowest BCUT2D eigenvalue weighted by molar-refractivity contribution is 0.00235. The average molecular weight is 322 g/mol. The summed E-state index contributed by atoms with van der Waals surface area (Å²) in [4.78, 5) is 6.72. The lowest BCUT2D eigenvalue weighted by atomic mass is 9.84. The van der Waals surface area contributed by atoms with Crippen LogP contribution in [-0.2, 0) is 13.2 Å².